The van der Waals surface area contributed by atoms with Gasteiger partial charge in [-0.25, -0.2) is 4.68 Å². The number of nitrogens with zero attached hydrogens (tertiary/aromatic N) is 4. The first kappa shape index (κ1) is 18.8. The molecule has 0 saturated heterocycles. The summed E-state index contributed by atoms with van der Waals surface area (Å²) in [6.07, 6.45) is 1.90. The van der Waals surface area contributed by atoms with Crippen molar-refractivity contribution in [3.05, 3.63) is 116 Å². The predicted octanol–water partition coefficient (Wildman–Crippen LogP) is 2.94. The van der Waals surface area contributed by atoms with Crippen LogP contribution in [-0.2, 0) is 13.1 Å². The Morgan fingerprint density at radius 2 is 1.55 bits per heavy atom. The summed E-state index contributed by atoms with van der Waals surface area (Å²) in [5.41, 5.74) is 1.93. The second-order valence-electron chi connectivity index (χ2n) is 6.42. The Hall–Kier alpha value is -3.58. The molecule has 0 unspecified atom stereocenters. The maximum absolute atomic E-state index is 12.7. The zero-order valence-electron chi connectivity index (χ0n) is 15.5. The van der Waals surface area contributed by atoms with E-state index < -0.39 is 5.91 Å². The largest absolute Gasteiger partial charge is 0.319 e. The lowest BCUT2D eigenvalue weighted by molar-refractivity contribution is 0.0990. The fourth-order valence-electron chi connectivity index (χ4n) is 2.86. The number of carbonyl (C=O) groups excluding carboxylic acids is 1. The van der Waals surface area contributed by atoms with E-state index in [1.165, 1.54) is 28.2 Å². The molecule has 4 rings (SSSR count). The molecule has 0 N–H and O–H groups in total. The first-order chi connectivity index (χ1) is 14.2. The minimum atomic E-state index is -0.476. The number of rotatable bonds is 5. The summed E-state index contributed by atoms with van der Waals surface area (Å²) in [4.78, 5) is 29.6. The van der Waals surface area contributed by atoms with E-state index in [1.54, 1.807) is 0 Å². The van der Waals surface area contributed by atoms with Crippen molar-refractivity contribution < 1.29 is 4.79 Å². The molecule has 0 atom stereocenters. The summed E-state index contributed by atoms with van der Waals surface area (Å²) < 4.78 is 3.20. The molecular formula is C22H18N4O2S. The van der Waals surface area contributed by atoms with Gasteiger partial charge in [-0.15, -0.1) is 11.3 Å². The van der Waals surface area contributed by atoms with Crippen molar-refractivity contribution in [3.8, 4) is 0 Å². The molecule has 2 heterocycles. The molecule has 0 aliphatic carbocycles. The van der Waals surface area contributed by atoms with Crippen molar-refractivity contribution in [2.75, 3.05) is 0 Å². The molecule has 2 aromatic carbocycles. The van der Waals surface area contributed by atoms with Crippen molar-refractivity contribution in [1.29, 1.82) is 0 Å². The van der Waals surface area contributed by atoms with E-state index in [2.05, 4.69) is 10.1 Å². The molecule has 144 valence electrons. The van der Waals surface area contributed by atoms with Crippen LogP contribution in [0.5, 0.6) is 0 Å². The third kappa shape index (κ3) is 4.64. The summed E-state index contributed by atoms with van der Waals surface area (Å²) in [5.74, 6) is -0.476. The number of thiazole rings is 1. The lowest BCUT2D eigenvalue weighted by Crippen LogP contribution is -2.25. The number of benzene rings is 2. The molecule has 0 bridgehead atoms. The molecule has 1 amide bonds. The molecular weight excluding hydrogens is 384 g/mol. The Morgan fingerprint density at radius 1 is 0.897 bits per heavy atom. The second kappa shape index (κ2) is 8.62. The van der Waals surface area contributed by atoms with Gasteiger partial charge in [0, 0.05) is 24.2 Å². The zero-order valence-corrected chi connectivity index (χ0v) is 16.3. The summed E-state index contributed by atoms with van der Waals surface area (Å²) >= 11 is 1.38. The molecule has 7 heteroatoms. The van der Waals surface area contributed by atoms with Gasteiger partial charge in [-0.05, 0) is 17.2 Å². The zero-order chi connectivity index (χ0) is 20.1. The number of carbonyl (C=O) groups is 1. The molecule has 0 spiro atoms. The van der Waals surface area contributed by atoms with Gasteiger partial charge in [-0.3, -0.25) is 9.59 Å². The average molecular weight is 402 g/mol. The third-order valence-corrected chi connectivity index (χ3v) is 5.11. The van der Waals surface area contributed by atoms with Crippen LogP contribution >= 0.6 is 11.3 Å². The van der Waals surface area contributed by atoms with Crippen LogP contribution in [0.2, 0.25) is 0 Å². The fraction of sp³-hybridized carbons (Fsp3) is 0.0909. The highest BCUT2D eigenvalue weighted by Gasteiger charge is 2.10. The normalized spacial score (nSPS) is 11.5. The second-order valence-corrected chi connectivity index (χ2v) is 7.29. The predicted molar refractivity (Wildman–Crippen MR) is 112 cm³/mol. The van der Waals surface area contributed by atoms with E-state index in [4.69, 9.17) is 0 Å². The van der Waals surface area contributed by atoms with Crippen molar-refractivity contribution >= 4 is 17.2 Å². The molecule has 0 aliphatic heterocycles. The van der Waals surface area contributed by atoms with Crippen LogP contribution in [0.3, 0.4) is 0 Å². The summed E-state index contributed by atoms with van der Waals surface area (Å²) in [6, 6.07) is 22.3. The van der Waals surface area contributed by atoms with Crippen molar-refractivity contribution in [1.82, 2.24) is 14.3 Å². The molecule has 0 aliphatic rings. The van der Waals surface area contributed by atoms with E-state index in [9.17, 15) is 9.59 Å². The number of hydrogen-bond acceptors (Lipinski definition) is 4. The van der Waals surface area contributed by atoms with E-state index in [0.29, 0.717) is 17.9 Å². The van der Waals surface area contributed by atoms with Crippen LogP contribution in [-0.4, -0.2) is 20.3 Å². The molecule has 6 nitrogen and oxygen atoms in total. The average Bonchev–Trinajstić information content (AvgIpc) is 3.17. The first-order valence-corrected chi connectivity index (χ1v) is 9.96. The van der Waals surface area contributed by atoms with Gasteiger partial charge >= 0.3 is 0 Å². The molecule has 0 fully saturated rings. The van der Waals surface area contributed by atoms with Crippen LogP contribution < -0.4 is 10.4 Å². The fourth-order valence-corrected chi connectivity index (χ4v) is 3.59. The summed E-state index contributed by atoms with van der Waals surface area (Å²) in [7, 11) is 0. The molecule has 0 saturated carbocycles. The highest BCUT2D eigenvalue weighted by Crippen LogP contribution is 2.03. The number of amides is 1. The van der Waals surface area contributed by atoms with Gasteiger partial charge in [0.1, 0.15) is 0 Å². The lowest BCUT2D eigenvalue weighted by Gasteiger charge is -2.05. The standard InChI is InChI=1S/C22H18N4O2S/c27-20-12-11-19(24-26(20)16-18-9-5-2-6-10-18)21(28)23-22-25(13-14-29-22)15-17-7-3-1-4-8-17/h1-14H,15-16H2. The first-order valence-electron chi connectivity index (χ1n) is 9.08. The van der Waals surface area contributed by atoms with Gasteiger partial charge in [-0.2, -0.15) is 10.1 Å². The van der Waals surface area contributed by atoms with Crippen molar-refractivity contribution in [3.63, 3.8) is 0 Å². The SMILES string of the molecule is O=C(N=c1sccn1Cc1ccccc1)c1ccc(=O)n(Cc2ccccc2)n1. The van der Waals surface area contributed by atoms with Crippen LogP contribution in [0, 0.1) is 0 Å². The summed E-state index contributed by atoms with van der Waals surface area (Å²) in [6.45, 7) is 0.922. The van der Waals surface area contributed by atoms with Crippen LogP contribution in [0.1, 0.15) is 21.6 Å². The molecule has 2 aromatic heterocycles. The van der Waals surface area contributed by atoms with E-state index in [1.807, 2.05) is 76.8 Å². The Balaban J connectivity index is 1.60. The topological polar surface area (TPSA) is 69.2 Å². The van der Waals surface area contributed by atoms with Gasteiger partial charge in [0.25, 0.3) is 11.5 Å². The lowest BCUT2D eigenvalue weighted by atomic mass is 10.2. The smallest absolute Gasteiger partial charge is 0.300 e. The minimum Gasteiger partial charge on any atom is -0.319 e. The van der Waals surface area contributed by atoms with Gasteiger partial charge in [-0.1, -0.05) is 60.7 Å². The Bertz CT molecular complexity index is 1240. The Morgan fingerprint density at radius 3 is 2.24 bits per heavy atom. The third-order valence-electron chi connectivity index (χ3n) is 4.31. The molecule has 4 aromatic rings. The van der Waals surface area contributed by atoms with E-state index in [0.717, 1.165) is 11.1 Å². The molecule has 29 heavy (non-hydrogen) atoms. The molecule has 0 radical (unpaired) electrons. The van der Waals surface area contributed by atoms with E-state index in [-0.39, 0.29) is 11.3 Å². The van der Waals surface area contributed by atoms with Crippen molar-refractivity contribution in [2.45, 2.75) is 13.1 Å². The van der Waals surface area contributed by atoms with Gasteiger partial charge in [0.2, 0.25) is 0 Å². The van der Waals surface area contributed by atoms with E-state index >= 15 is 0 Å². The van der Waals surface area contributed by atoms with Gasteiger partial charge < -0.3 is 4.57 Å². The Labute approximate surface area is 171 Å². The van der Waals surface area contributed by atoms with Gasteiger partial charge in [0.05, 0.1) is 6.54 Å². The number of aromatic nitrogens is 3. The Kier molecular flexibility index (Phi) is 5.58. The van der Waals surface area contributed by atoms with Gasteiger partial charge in [0.15, 0.2) is 10.5 Å². The highest BCUT2D eigenvalue weighted by molar-refractivity contribution is 7.07. The van der Waals surface area contributed by atoms with Crippen LogP contribution in [0.15, 0.2) is 94.2 Å². The highest BCUT2D eigenvalue weighted by atomic mass is 32.1. The van der Waals surface area contributed by atoms with Crippen LogP contribution in [0.4, 0.5) is 0 Å². The maximum Gasteiger partial charge on any atom is 0.300 e. The maximum atomic E-state index is 12.7. The number of hydrogen-bond donors (Lipinski definition) is 0. The summed E-state index contributed by atoms with van der Waals surface area (Å²) in [5, 5.41) is 6.11. The van der Waals surface area contributed by atoms with Crippen molar-refractivity contribution in [2.24, 2.45) is 4.99 Å². The van der Waals surface area contributed by atoms with Crippen LogP contribution in [0.25, 0.3) is 0 Å². The monoisotopic (exact) mass is 402 g/mol. The quantitative estimate of drug-likeness (QED) is 0.515. The minimum absolute atomic E-state index is 0.139.